The highest BCUT2D eigenvalue weighted by atomic mass is 32.2. The number of benzene rings is 1. The molecule has 2 aromatic heterocycles. The third-order valence-electron chi connectivity index (χ3n) is 3.03. The lowest BCUT2D eigenvalue weighted by molar-refractivity contribution is -0.133. The molecule has 0 aliphatic heterocycles. The number of nitrogens with zero attached hydrogens (tertiary/aromatic N) is 4. The van der Waals surface area contributed by atoms with E-state index in [0.717, 1.165) is 22.4 Å². The highest BCUT2D eigenvalue weighted by Crippen LogP contribution is 2.27. The predicted octanol–water partition coefficient (Wildman–Crippen LogP) is 2.24. The summed E-state index contributed by atoms with van der Waals surface area (Å²) in [6, 6.07) is 7.84. The normalized spacial score (nSPS) is 11.1. The van der Waals surface area contributed by atoms with Gasteiger partial charge in [-0.2, -0.15) is 5.10 Å². The Morgan fingerprint density at radius 2 is 2.19 bits per heavy atom. The number of hydrogen-bond acceptors (Lipinski definition) is 4. The molecule has 108 valence electrons. The minimum absolute atomic E-state index is 0.0326. The molecule has 1 N–H and O–H groups in total. The van der Waals surface area contributed by atoms with Crippen molar-refractivity contribution in [2.24, 2.45) is 7.05 Å². The van der Waals surface area contributed by atoms with Crippen LogP contribution in [-0.4, -0.2) is 36.2 Å². The number of aromatic nitrogens is 4. The van der Waals surface area contributed by atoms with E-state index in [2.05, 4.69) is 10.1 Å². The first-order chi connectivity index (χ1) is 10.0. The highest BCUT2D eigenvalue weighted by Gasteiger charge is 2.15. The van der Waals surface area contributed by atoms with Gasteiger partial charge in [-0.1, -0.05) is 17.8 Å². The van der Waals surface area contributed by atoms with Gasteiger partial charge in [0.1, 0.15) is 0 Å². The molecule has 3 rings (SSSR count). The summed E-state index contributed by atoms with van der Waals surface area (Å²) in [5.41, 5.74) is 2.88. The Balaban J connectivity index is 2.18. The molecule has 0 aliphatic rings. The lowest BCUT2D eigenvalue weighted by Gasteiger charge is -2.04. The number of hydrogen-bond donors (Lipinski definition) is 1. The van der Waals surface area contributed by atoms with Gasteiger partial charge in [-0.05, 0) is 24.6 Å². The molecule has 2 heterocycles. The minimum atomic E-state index is -0.865. The van der Waals surface area contributed by atoms with Crippen molar-refractivity contribution in [2.75, 3.05) is 5.75 Å². The lowest BCUT2D eigenvalue weighted by atomic mass is 10.2. The second kappa shape index (κ2) is 5.25. The topological polar surface area (TPSA) is 72.9 Å². The van der Waals surface area contributed by atoms with Crippen LogP contribution in [0.3, 0.4) is 0 Å². The molecular weight excluding hydrogens is 288 g/mol. The van der Waals surface area contributed by atoms with Gasteiger partial charge >= 0.3 is 5.97 Å². The molecule has 0 radical (unpaired) electrons. The summed E-state index contributed by atoms with van der Waals surface area (Å²) >= 11 is 1.19. The Bertz CT molecular complexity index is 822. The molecule has 0 spiro atoms. The number of thioether (sulfide) groups is 1. The number of fused-ring (bicyclic) bond motifs is 1. The van der Waals surface area contributed by atoms with Gasteiger partial charge in [0.25, 0.3) is 0 Å². The van der Waals surface area contributed by atoms with E-state index in [9.17, 15) is 4.79 Å². The number of aryl methyl sites for hydroxylation is 2. The van der Waals surface area contributed by atoms with Crippen molar-refractivity contribution in [1.29, 1.82) is 0 Å². The molecule has 0 unspecified atom stereocenters. The van der Waals surface area contributed by atoms with Gasteiger partial charge in [0, 0.05) is 19.3 Å². The van der Waals surface area contributed by atoms with Crippen LogP contribution < -0.4 is 0 Å². The van der Waals surface area contributed by atoms with Crippen molar-refractivity contribution in [3.63, 3.8) is 0 Å². The standard InChI is InChI=1S/C14H14N4O2S/c1-9-3-4-10-11(7-9)18(12-5-6-17(2)16-12)14(15-10)21-8-13(19)20/h3-7H,8H2,1-2H3,(H,19,20). The summed E-state index contributed by atoms with van der Waals surface area (Å²) in [5, 5.41) is 13.9. The number of carbonyl (C=O) groups is 1. The zero-order valence-electron chi connectivity index (χ0n) is 11.6. The monoisotopic (exact) mass is 302 g/mol. The maximum absolute atomic E-state index is 10.8. The van der Waals surface area contributed by atoms with E-state index in [0.29, 0.717) is 5.16 Å². The second-order valence-corrected chi connectivity index (χ2v) is 5.69. The van der Waals surface area contributed by atoms with E-state index < -0.39 is 5.97 Å². The van der Waals surface area contributed by atoms with Gasteiger partial charge < -0.3 is 5.11 Å². The van der Waals surface area contributed by atoms with Crippen molar-refractivity contribution >= 4 is 28.8 Å². The maximum atomic E-state index is 10.8. The molecular formula is C14H14N4O2S. The largest absolute Gasteiger partial charge is 0.481 e. The van der Waals surface area contributed by atoms with Crippen molar-refractivity contribution in [3.8, 4) is 5.82 Å². The molecule has 21 heavy (non-hydrogen) atoms. The van der Waals surface area contributed by atoms with Gasteiger partial charge in [-0.3, -0.25) is 14.0 Å². The van der Waals surface area contributed by atoms with Gasteiger partial charge in [0.2, 0.25) is 0 Å². The molecule has 0 saturated carbocycles. The molecule has 3 aromatic rings. The molecule has 1 aromatic carbocycles. The molecule has 0 saturated heterocycles. The Morgan fingerprint density at radius 1 is 1.38 bits per heavy atom. The molecule has 0 fully saturated rings. The van der Waals surface area contributed by atoms with E-state index in [-0.39, 0.29) is 5.75 Å². The zero-order valence-corrected chi connectivity index (χ0v) is 12.5. The molecule has 6 nitrogen and oxygen atoms in total. The van der Waals surface area contributed by atoms with Crippen molar-refractivity contribution < 1.29 is 9.90 Å². The van der Waals surface area contributed by atoms with Gasteiger partial charge in [0.15, 0.2) is 11.0 Å². The molecule has 0 aliphatic carbocycles. The summed E-state index contributed by atoms with van der Waals surface area (Å²) in [5.74, 6) is -0.163. The van der Waals surface area contributed by atoms with E-state index in [1.54, 1.807) is 4.68 Å². The zero-order chi connectivity index (χ0) is 15.0. The third kappa shape index (κ3) is 2.64. The number of imidazole rings is 1. The first kappa shape index (κ1) is 13.7. The fourth-order valence-corrected chi connectivity index (χ4v) is 2.87. The predicted molar refractivity (Wildman–Crippen MR) is 80.9 cm³/mol. The average molecular weight is 302 g/mol. The fourth-order valence-electron chi connectivity index (χ4n) is 2.13. The van der Waals surface area contributed by atoms with Crippen LogP contribution in [0.1, 0.15) is 5.56 Å². The van der Waals surface area contributed by atoms with Crippen LogP contribution >= 0.6 is 11.8 Å². The highest BCUT2D eigenvalue weighted by molar-refractivity contribution is 7.99. The summed E-state index contributed by atoms with van der Waals surface area (Å²) in [7, 11) is 1.85. The Morgan fingerprint density at radius 3 is 2.86 bits per heavy atom. The van der Waals surface area contributed by atoms with Gasteiger partial charge in [0.05, 0.1) is 16.8 Å². The van der Waals surface area contributed by atoms with Crippen LogP contribution in [0.2, 0.25) is 0 Å². The smallest absolute Gasteiger partial charge is 0.313 e. The Labute approximate surface area is 125 Å². The van der Waals surface area contributed by atoms with Gasteiger partial charge in [-0.25, -0.2) is 4.98 Å². The first-order valence-corrected chi connectivity index (χ1v) is 7.37. The number of carboxylic acid groups (broad SMARTS) is 1. The quantitative estimate of drug-likeness (QED) is 0.748. The third-order valence-corrected chi connectivity index (χ3v) is 3.96. The summed E-state index contributed by atoms with van der Waals surface area (Å²) in [6.07, 6.45) is 1.85. The van der Waals surface area contributed by atoms with Gasteiger partial charge in [-0.15, -0.1) is 0 Å². The van der Waals surface area contributed by atoms with E-state index >= 15 is 0 Å². The van der Waals surface area contributed by atoms with Crippen LogP contribution in [0, 0.1) is 6.92 Å². The van der Waals surface area contributed by atoms with E-state index in [4.69, 9.17) is 5.11 Å². The second-order valence-electron chi connectivity index (χ2n) is 4.75. The lowest BCUT2D eigenvalue weighted by Crippen LogP contribution is -2.03. The maximum Gasteiger partial charge on any atom is 0.313 e. The molecule has 7 heteroatoms. The number of aliphatic carboxylic acids is 1. The van der Waals surface area contributed by atoms with Crippen molar-refractivity contribution in [3.05, 3.63) is 36.0 Å². The van der Waals surface area contributed by atoms with Crippen LogP contribution in [0.15, 0.2) is 35.6 Å². The summed E-state index contributed by atoms with van der Waals surface area (Å²) in [6.45, 7) is 2.01. The van der Waals surface area contributed by atoms with E-state index in [1.807, 2.05) is 49.0 Å². The van der Waals surface area contributed by atoms with Crippen LogP contribution in [0.4, 0.5) is 0 Å². The van der Waals surface area contributed by atoms with Crippen LogP contribution in [0.5, 0.6) is 0 Å². The van der Waals surface area contributed by atoms with Crippen LogP contribution in [-0.2, 0) is 11.8 Å². The fraction of sp³-hybridized carbons (Fsp3) is 0.214. The minimum Gasteiger partial charge on any atom is -0.481 e. The number of rotatable bonds is 4. The number of carboxylic acids is 1. The first-order valence-electron chi connectivity index (χ1n) is 6.38. The van der Waals surface area contributed by atoms with Crippen molar-refractivity contribution in [1.82, 2.24) is 19.3 Å². The molecule has 0 bridgehead atoms. The average Bonchev–Trinajstić information content (AvgIpc) is 2.99. The molecule has 0 atom stereocenters. The van der Waals surface area contributed by atoms with E-state index in [1.165, 1.54) is 11.8 Å². The Kier molecular flexibility index (Phi) is 3.42. The molecule has 0 amide bonds. The van der Waals surface area contributed by atoms with Crippen LogP contribution in [0.25, 0.3) is 16.9 Å². The summed E-state index contributed by atoms with van der Waals surface area (Å²) < 4.78 is 3.61. The SMILES string of the molecule is Cc1ccc2nc(SCC(=O)O)n(-c3ccn(C)n3)c2c1. The Hall–Kier alpha value is -2.28. The summed E-state index contributed by atoms with van der Waals surface area (Å²) in [4.78, 5) is 15.3. The van der Waals surface area contributed by atoms with Crippen molar-refractivity contribution in [2.45, 2.75) is 12.1 Å².